The molecule has 2 bridgehead atoms. The third-order valence-corrected chi connectivity index (χ3v) is 13.0. The number of amides is 1. The average Bonchev–Trinajstić information content (AvgIpc) is 3.72. The first-order chi connectivity index (χ1) is 27.6. The fraction of sp³-hybridized carbons (Fsp3) is 0.362. The zero-order valence-corrected chi connectivity index (χ0v) is 33.7. The van der Waals surface area contributed by atoms with Crippen molar-refractivity contribution in [3.05, 3.63) is 141 Å². The molecule has 1 amide bonds. The number of benzene rings is 4. The molecule has 58 heavy (non-hydrogen) atoms. The first-order valence-corrected chi connectivity index (χ1v) is 20.5. The summed E-state index contributed by atoms with van der Waals surface area (Å²) in [5.74, 6) is -0.479. The summed E-state index contributed by atoms with van der Waals surface area (Å²) in [7, 11) is 0. The Bertz CT molecular complexity index is 2320. The molecule has 3 aliphatic rings. The summed E-state index contributed by atoms with van der Waals surface area (Å²) in [6.07, 6.45) is -0.357. The van der Waals surface area contributed by atoms with E-state index in [1.165, 1.54) is 40.5 Å². The van der Waals surface area contributed by atoms with Gasteiger partial charge in [0.25, 0.3) is 0 Å². The van der Waals surface area contributed by atoms with Crippen molar-refractivity contribution in [2.45, 2.75) is 96.2 Å². The SMILES string of the molecule is CC1=CCC[C@@]2(C)[C@@H](CC[C@@]2(O)CN(Cc2ccc(OC(F)(F)F)cc2)C(=O)Oc2ccc3ccccc3c2)c2ccc(cc2C(=O)c2ccc(C)s2)C[C@@H](O)CC1. The molecule has 7 nitrogen and oxygen atoms in total. The maximum atomic E-state index is 14.3. The van der Waals surface area contributed by atoms with Gasteiger partial charge in [0.1, 0.15) is 11.5 Å². The number of halogens is 3. The van der Waals surface area contributed by atoms with Crippen LogP contribution in [0.25, 0.3) is 10.8 Å². The highest BCUT2D eigenvalue weighted by atomic mass is 32.1. The number of hydrogen-bond acceptors (Lipinski definition) is 7. The van der Waals surface area contributed by atoms with Crippen LogP contribution in [-0.2, 0) is 13.0 Å². The number of alkyl halides is 3. The van der Waals surface area contributed by atoms with Crippen LogP contribution in [0.3, 0.4) is 0 Å². The highest BCUT2D eigenvalue weighted by Gasteiger charge is 2.58. The number of ketones is 1. The van der Waals surface area contributed by atoms with Crippen LogP contribution in [-0.4, -0.2) is 51.6 Å². The Morgan fingerprint density at radius 1 is 0.897 bits per heavy atom. The number of aliphatic hydroxyl groups excluding tert-OH is 1. The van der Waals surface area contributed by atoms with Crippen LogP contribution < -0.4 is 9.47 Å². The number of hydrogen-bond donors (Lipinski definition) is 2. The maximum absolute atomic E-state index is 14.3. The quantitative estimate of drug-likeness (QED) is 0.120. The van der Waals surface area contributed by atoms with E-state index in [1.54, 1.807) is 12.1 Å². The van der Waals surface area contributed by atoms with Crippen LogP contribution >= 0.6 is 11.3 Å². The van der Waals surface area contributed by atoms with Gasteiger partial charge in [-0.3, -0.25) is 4.79 Å². The fourth-order valence-electron chi connectivity index (χ4n) is 8.80. The molecule has 0 spiro atoms. The number of carbonyl (C=O) groups excluding carboxylic acids is 2. The van der Waals surface area contributed by atoms with E-state index in [-0.39, 0.29) is 24.8 Å². The lowest BCUT2D eigenvalue weighted by molar-refractivity contribution is -0.274. The number of carbonyl (C=O) groups is 2. The van der Waals surface area contributed by atoms with E-state index in [2.05, 4.69) is 10.8 Å². The molecule has 304 valence electrons. The normalized spacial score (nSPS) is 22.5. The van der Waals surface area contributed by atoms with E-state index in [0.29, 0.717) is 66.7 Å². The summed E-state index contributed by atoms with van der Waals surface area (Å²) in [6.45, 7) is 5.82. The van der Waals surface area contributed by atoms with Crippen LogP contribution in [0.4, 0.5) is 18.0 Å². The molecule has 0 radical (unpaired) electrons. The van der Waals surface area contributed by atoms with Gasteiger partial charge in [-0.25, -0.2) is 4.79 Å². The largest absolute Gasteiger partial charge is 0.573 e. The molecule has 1 fully saturated rings. The van der Waals surface area contributed by atoms with Crippen LogP contribution in [0.15, 0.2) is 109 Å². The number of thiophene rings is 1. The molecule has 11 heteroatoms. The van der Waals surface area contributed by atoms with Gasteiger partial charge in [-0.2, -0.15) is 0 Å². The van der Waals surface area contributed by atoms with Gasteiger partial charge in [0.2, 0.25) is 5.78 Å². The summed E-state index contributed by atoms with van der Waals surface area (Å²) in [5, 5.41) is 25.9. The summed E-state index contributed by atoms with van der Waals surface area (Å²) < 4.78 is 49.0. The Kier molecular flexibility index (Phi) is 11.9. The highest BCUT2D eigenvalue weighted by molar-refractivity contribution is 7.14. The summed E-state index contributed by atoms with van der Waals surface area (Å²) >= 11 is 1.43. The van der Waals surface area contributed by atoms with Gasteiger partial charge in [0.15, 0.2) is 0 Å². The first kappa shape index (κ1) is 41.2. The van der Waals surface area contributed by atoms with Gasteiger partial charge >= 0.3 is 12.5 Å². The van der Waals surface area contributed by atoms with Gasteiger partial charge in [-0.05, 0) is 135 Å². The van der Waals surface area contributed by atoms with E-state index in [9.17, 15) is 33.0 Å². The topological polar surface area (TPSA) is 96.3 Å². The van der Waals surface area contributed by atoms with Crippen molar-refractivity contribution in [3.63, 3.8) is 0 Å². The van der Waals surface area contributed by atoms with Crippen molar-refractivity contribution < 1.29 is 42.4 Å². The smallest absolute Gasteiger partial charge is 0.410 e. The van der Waals surface area contributed by atoms with Crippen molar-refractivity contribution in [1.82, 2.24) is 4.90 Å². The van der Waals surface area contributed by atoms with Gasteiger partial charge in [-0.1, -0.05) is 73.2 Å². The second-order valence-corrected chi connectivity index (χ2v) is 17.4. The van der Waals surface area contributed by atoms with Crippen molar-refractivity contribution in [1.29, 1.82) is 0 Å². The molecule has 4 atom stereocenters. The lowest BCUT2D eigenvalue weighted by Crippen LogP contribution is -2.54. The molecule has 4 aromatic carbocycles. The monoisotopic (exact) mass is 811 g/mol. The molecule has 0 aliphatic heterocycles. The number of nitrogens with zero attached hydrogens (tertiary/aromatic N) is 1. The van der Waals surface area contributed by atoms with Crippen molar-refractivity contribution >= 4 is 34.0 Å². The van der Waals surface area contributed by atoms with Crippen LogP contribution in [0.1, 0.15) is 95.1 Å². The summed E-state index contributed by atoms with van der Waals surface area (Å²) in [6, 6.07) is 27.9. The molecule has 0 saturated heterocycles. The Balaban J connectivity index is 1.27. The Morgan fingerprint density at radius 3 is 2.36 bits per heavy atom. The standard InChI is InChI=1S/C47H48F3NO6S/c1-30-7-6-23-45(3)41(39-20-14-33(25-36(52)16-10-30)26-40(39)43(53)42-21-11-31(2)58-42)22-24-46(45,55)29-51(28-32-12-17-37(18-13-32)57-47(48,49)50)44(54)56-38-19-15-34-8-4-5-9-35(34)27-38/h4-5,7-9,11-15,17-21,26-27,36,41,52,55H,6,10,16,22-25,28-29H2,1-3H3/t36-,41-,45-,46+/m0/s1. The van der Waals surface area contributed by atoms with Gasteiger partial charge in [0, 0.05) is 22.4 Å². The first-order valence-electron chi connectivity index (χ1n) is 19.7. The Morgan fingerprint density at radius 2 is 1.64 bits per heavy atom. The third-order valence-electron chi connectivity index (χ3n) is 12.0. The van der Waals surface area contributed by atoms with E-state index in [4.69, 9.17) is 4.74 Å². The fourth-order valence-corrected chi connectivity index (χ4v) is 9.62. The molecule has 5 aromatic rings. The van der Waals surface area contributed by atoms with Crippen molar-refractivity contribution in [3.8, 4) is 11.5 Å². The zero-order chi connectivity index (χ0) is 41.2. The predicted molar refractivity (Wildman–Crippen MR) is 219 cm³/mol. The molecule has 2 N–H and O–H groups in total. The lowest BCUT2D eigenvalue weighted by Gasteiger charge is -2.46. The number of rotatable bonds is 8. The summed E-state index contributed by atoms with van der Waals surface area (Å²) in [5.41, 5.74) is 1.52. The molecule has 1 heterocycles. The number of aryl methyl sites for hydroxylation is 1. The number of aliphatic hydroxyl groups is 2. The Hall–Kier alpha value is -4.97. The van der Waals surface area contributed by atoms with Crippen LogP contribution in [0.2, 0.25) is 0 Å². The van der Waals surface area contributed by atoms with Crippen molar-refractivity contribution in [2.75, 3.05) is 6.54 Å². The molecule has 0 unspecified atom stereocenters. The van der Waals surface area contributed by atoms with Crippen LogP contribution in [0, 0.1) is 12.3 Å². The molecule has 8 rings (SSSR count). The molecule has 3 aliphatic carbocycles. The molecule has 1 aromatic heterocycles. The minimum atomic E-state index is -4.86. The van der Waals surface area contributed by atoms with Crippen molar-refractivity contribution in [2.24, 2.45) is 5.41 Å². The van der Waals surface area contributed by atoms with E-state index in [1.807, 2.05) is 81.4 Å². The molecular formula is C47H48F3NO6S. The third kappa shape index (κ3) is 9.17. The number of ether oxygens (including phenoxy) is 2. The second-order valence-electron chi connectivity index (χ2n) is 16.1. The highest BCUT2D eigenvalue weighted by Crippen LogP contribution is 2.59. The molecule has 1 saturated carbocycles. The minimum absolute atomic E-state index is 0.0702. The lowest BCUT2D eigenvalue weighted by atomic mass is 9.64. The van der Waals surface area contributed by atoms with Gasteiger partial charge in [0.05, 0.1) is 23.1 Å². The zero-order valence-electron chi connectivity index (χ0n) is 32.9. The summed E-state index contributed by atoms with van der Waals surface area (Å²) in [4.78, 5) is 31.7. The predicted octanol–water partition coefficient (Wildman–Crippen LogP) is 11.1. The van der Waals surface area contributed by atoms with Crippen LogP contribution in [0.5, 0.6) is 11.5 Å². The number of fused-ring (bicyclic) bond motifs is 9. The Labute approximate surface area is 340 Å². The second kappa shape index (κ2) is 16.7. The average molecular weight is 812 g/mol. The van der Waals surface area contributed by atoms with E-state index in [0.717, 1.165) is 32.3 Å². The van der Waals surface area contributed by atoms with E-state index < -0.39 is 35.3 Å². The van der Waals surface area contributed by atoms with E-state index >= 15 is 0 Å². The molecular weight excluding hydrogens is 764 g/mol. The minimum Gasteiger partial charge on any atom is -0.410 e. The van der Waals surface area contributed by atoms with Gasteiger partial charge < -0.3 is 24.6 Å². The maximum Gasteiger partial charge on any atom is 0.573 e. The number of allylic oxidation sites excluding steroid dienone is 2. The van der Waals surface area contributed by atoms with Gasteiger partial charge in [-0.15, -0.1) is 24.5 Å².